The van der Waals surface area contributed by atoms with Gasteiger partial charge < -0.3 is 19.9 Å². The molecule has 0 radical (unpaired) electrons. The van der Waals surface area contributed by atoms with E-state index in [4.69, 9.17) is 21.3 Å². The monoisotopic (exact) mass is 600 g/mol. The quantitative estimate of drug-likeness (QED) is 0.219. The number of nitrogens with zero attached hydrogens (tertiary/aromatic N) is 4. The van der Waals surface area contributed by atoms with Crippen molar-refractivity contribution in [1.29, 1.82) is 0 Å². The van der Waals surface area contributed by atoms with E-state index in [9.17, 15) is 19.7 Å². The number of rotatable bonds is 6. The average Bonchev–Trinajstić information content (AvgIpc) is 3.59. The summed E-state index contributed by atoms with van der Waals surface area (Å²) in [6.45, 7) is 4.17. The zero-order chi connectivity index (χ0) is 30.2. The molecule has 4 aromatic rings. The number of para-hydroxylation sites is 1. The van der Waals surface area contributed by atoms with Crippen LogP contribution >= 0.6 is 11.6 Å². The Kier molecular flexibility index (Phi) is 7.49. The summed E-state index contributed by atoms with van der Waals surface area (Å²) in [6.07, 6.45) is 1.58. The third-order valence-electron chi connectivity index (χ3n) is 7.51. The average molecular weight is 601 g/mol. The first-order valence-electron chi connectivity index (χ1n) is 13.9. The molecule has 6 rings (SSSR count). The highest BCUT2D eigenvalue weighted by Crippen LogP contribution is 2.47. The van der Waals surface area contributed by atoms with Crippen molar-refractivity contribution in [3.05, 3.63) is 105 Å². The molecule has 0 bridgehead atoms. The highest BCUT2D eigenvalue weighted by Gasteiger charge is 2.46. The molecule has 11 nitrogen and oxygen atoms in total. The fourth-order valence-corrected chi connectivity index (χ4v) is 5.76. The van der Waals surface area contributed by atoms with Crippen molar-refractivity contribution in [2.45, 2.75) is 32.0 Å². The number of hydrogen-bond acceptors (Lipinski definition) is 6. The lowest BCUT2D eigenvalue weighted by Gasteiger charge is -2.35. The number of H-pyrrole nitrogens is 1. The molecule has 0 spiro atoms. The van der Waals surface area contributed by atoms with E-state index < -0.39 is 23.0 Å². The van der Waals surface area contributed by atoms with Crippen LogP contribution < -0.4 is 10.1 Å². The Labute approximate surface area is 252 Å². The van der Waals surface area contributed by atoms with Crippen LogP contribution in [0.3, 0.4) is 0 Å². The number of aliphatic imine (C=N–C) groups is 1. The van der Waals surface area contributed by atoms with Gasteiger partial charge in [-0.1, -0.05) is 41.9 Å². The molecule has 0 aliphatic carbocycles. The standard InChI is InChI=1S/C31H29ClN6O5/c1-18(2)43-26-15-21(38(41)42)11-12-23(26)30-35-28(24-16-34-25-6-4-3-5-22(24)25)29(19-7-9-20(32)10-8-19)37(30)31(40)36-14-13-33-27(39)17-36/h3-12,15-16,18,28-29,34H,13-14,17H2,1-2H3,(H,33,39)/t28-,29+/m0/s1. The Morgan fingerprint density at radius 2 is 1.91 bits per heavy atom. The van der Waals surface area contributed by atoms with Crippen molar-refractivity contribution < 1.29 is 19.2 Å². The third-order valence-corrected chi connectivity index (χ3v) is 7.76. The van der Waals surface area contributed by atoms with Gasteiger partial charge in [0.1, 0.15) is 24.2 Å². The van der Waals surface area contributed by atoms with Gasteiger partial charge in [-0.05, 0) is 43.7 Å². The molecule has 220 valence electrons. The number of nitro groups is 1. The Balaban J connectivity index is 1.58. The number of nitrogens with one attached hydrogen (secondary N) is 2. The fourth-order valence-electron chi connectivity index (χ4n) is 5.63. The minimum Gasteiger partial charge on any atom is -0.490 e. The van der Waals surface area contributed by atoms with E-state index in [-0.39, 0.29) is 35.8 Å². The predicted octanol–water partition coefficient (Wildman–Crippen LogP) is 5.61. The van der Waals surface area contributed by atoms with Gasteiger partial charge in [-0.25, -0.2) is 4.79 Å². The number of non-ortho nitro benzene ring substituents is 1. The van der Waals surface area contributed by atoms with Crippen LogP contribution in [-0.2, 0) is 4.79 Å². The Morgan fingerprint density at radius 1 is 1.14 bits per heavy atom. The summed E-state index contributed by atoms with van der Waals surface area (Å²) < 4.78 is 6.07. The second kappa shape index (κ2) is 11.4. The third kappa shape index (κ3) is 5.39. The molecule has 2 aliphatic rings. The van der Waals surface area contributed by atoms with E-state index in [0.717, 1.165) is 22.0 Å². The molecule has 1 fully saturated rings. The Hall–Kier alpha value is -4.90. The first-order valence-corrected chi connectivity index (χ1v) is 14.3. The highest BCUT2D eigenvalue weighted by atomic mass is 35.5. The SMILES string of the molecule is CC(C)Oc1cc([N+](=O)[O-])ccc1C1=N[C@@H](c2c[nH]c3ccccc23)[C@@H](c2ccc(Cl)cc2)N1C(=O)N1CCNC(=O)C1. The second-order valence-electron chi connectivity index (χ2n) is 10.7. The number of urea groups is 1. The van der Waals surface area contributed by atoms with Crippen molar-refractivity contribution in [2.24, 2.45) is 4.99 Å². The number of amides is 3. The van der Waals surface area contributed by atoms with E-state index in [2.05, 4.69) is 10.3 Å². The van der Waals surface area contributed by atoms with Gasteiger partial charge >= 0.3 is 6.03 Å². The summed E-state index contributed by atoms with van der Waals surface area (Å²) in [7, 11) is 0. The lowest BCUT2D eigenvalue weighted by molar-refractivity contribution is -0.384. The number of ether oxygens (including phenoxy) is 1. The van der Waals surface area contributed by atoms with Gasteiger partial charge in [-0.3, -0.25) is 24.8 Å². The maximum atomic E-state index is 14.5. The van der Waals surface area contributed by atoms with Crippen LogP contribution in [0.25, 0.3) is 10.9 Å². The zero-order valence-corrected chi connectivity index (χ0v) is 24.2. The number of piperazine rings is 1. The van der Waals surface area contributed by atoms with Crippen molar-refractivity contribution in [3.8, 4) is 5.75 Å². The van der Waals surface area contributed by atoms with Crippen molar-refractivity contribution >= 4 is 46.0 Å². The predicted molar refractivity (Wildman–Crippen MR) is 162 cm³/mol. The van der Waals surface area contributed by atoms with Crippen LogP contribution in [-0.4, -0.2) is 63.2 Å². The van der Waals surface area contributed by atoms with Gasteiger partial charge in [-0.2, -0.15) is 0 Å². The van der Waals surface area contributed by atoms with Crippen LogP contribution in [0.1, 0.15) is 42.6 Å². The molecular weight excluding hydrogens is 572 g/mol. The van der Waals surface area contributed by atoms with Gasteiger partial charge in [0.2, 0.25) is 5.91 Å². The van der Waals surface area contributed by atoms with Crippen LogP contribution in [0.2, 0.25) is 5.02 Å². The zero-order valence-electron chi connectivity index (χ0n) is 23.5. The summed E-state index contributed by atoms with van der Waals surface area (Å²) in [6, 6.07) is 17.8. The second-order valence-corrected chi connectivity index (χ2v) is 11.1. The lowest BCUT2D eigenvalue weighted by Crippen LogP contribution is -2.55. The fraction of sp³-hybridized carbons (Fsp3) is 0.258. The summed E-state index contributed by atoms with van der Waals surface area (Å²) in [5.41, 5.74) is 2.84. The minimum absolute atomic E-state index is 0.108. The van der Waals surface area contributed by atoms with Crippen LogP contribution in [0.4, 0.5) is 10.5 Å². The maximum absolute atomic E-state index is 14.5. The first-order chi connectivity index (χ1) is 20.7. The molecule has 2 atom stereocenters. The van der Waals surface area contributed by atoms with E-state index in [1.54, 1.807) is 23.1 Å². The molecule has 0 saturated carbocycles. The number of carbonyl (C=O) groups excluding carboxylic acids is 2. The molecule has 3 aromatic carbocycles. The molecule has 2 N–H and O–H groups in total. The van der Waals surface area contributed by atoms with Crippen LogP contribution in [0.15, 0.2) is 77.9 Å². The Bertz CT molecular complexity index is 1750. The number of hydrogen-bond donors (Lipinski definition) is 2. The summed E-state index contributed by atoms with van der Waals surface area (Å²) in [5.74, 6) is 0.260. The number of amidine groups is 1. The lowest BCUT2D eigenvalue weighted by atomic mass is 9.93. The molecule has 1 saturated heterocycles. The van der Waals surface area contributed by atoms with Crippen molar-refractivity contribution in [1.82, 2.24) is 20.1 Å². The van der Waals surface area contributed by atoms with Gasteiger partial charge in [-0.15, -0.1) is 0 Å². The van der Waals surface area contributed by atoms with Crippen LogP contribution in [0, 0.1) is 10.1 Å². The molecular formula is C31H29ClN6O5. The molecule has 2 aliphatic heterocycles. The molecule has 0 unspecified atom stereocenters. The van der Waals surface area contributed by atoms with Crippen LogP contribution in [0.5, 0.6) is 5.75 Å². The van der Waals surface area contributed by atoms with Gasteiger partial charge in [0.25, 0.3) is 5.69 Å². The number of aromatic nitrogens is 1. The van der Waals surface area contributed by atoms with E-state index >= 15 is 0 Å². The summed E-state index contributed by atoms with van der Waals surface area (Å²) in [5, 5.41) is 15.9. The van der Waals surface area contributed by atoms with E-state index in [1.165, 1.54) is 17.0 Å². The molecule has 43 heavy (non-hydrogen) atoms. The number of aromatic amines is 1. The first kappa shape index (κ1) is 28.2. The number of carbonyl (C=O) groups is 2. The topological polar surface area (TPSA) is 133 Å². The van der Waals surface area contributed by atoms with Gasteiger partial charge in [0, 0.05) is 46.8 Å². The smallest absolute Gasteiger partial charge is 0.326 e. The number of fused-ring (bicyclic) bond motifs is 1. The summed E-state index contributed by atoms with van der Waals surface area (Å²) >= 11 is 6.26. The molecule has 12 heteroatoms. The van der Waals surface area contributed by atoms with Gasteiger partial charge in [0.15, 0.2) is 0 Å². The van der Waals surface area contributed by atoms with E-state index in [0.29, 0.717) is 23.7 Å². The molecule has 3 amide bonds. The van der Waals surface area contributed by atoms with Gasteiger partial charge in [0.05, 0.1) is 28.7 Å². The van der Waals surface area contributed by atoms with E-state index in [1.807, 2.05) is 56.4 Å². The molecule has 1 aromatic heterocycles. The number of nitro benzene ring substituents is 1. The highest BCUT2D eigenvalue weighted by molar-refractivity contribution is 6.30. The number of benzene rings is 3. The van der Waals surface area contributed by atoms with Crippen molar-refractivity contribution in [3.63, 3.8) is 0 Å². The normalized spacial score (nSPS) is 18.6. The summed E-state index contributed by atoms with van der Waals surface area (Å²) in [4.78, 5) is 49.6. The number of halogens is 1. The largest absolute Gasteiger partial charge is 0.490 e. The maximum Gasteiger partial charge on any atom is 0.326 e. The van der Waals surface area contributed by atoms with Crippen molar-refractivity contribution in [2.75, 3.05) is 19.6 Å². The molecule has 3 heterocycles. The minimum atomic E-state index is -0.633. The Morgan fingerprint density at radius 3 is 2.63 bits per heavy atom.